The molecule has 3 rings (SSSR count). The van der Waals surface area contributed by atoms with E-state index in [1.807, 2.05) is 36.4 Å². The van der Waals surface area contributed by atoms with Gasteiger partial charge in [-0.1, -0.05) is 24.3 Å². The summed E-state index contributed by atoms with van der Waals surface area (Å²) >= 11 is 0. The van der Waals surface area contributed by atoms with Crippen molar-refractivity contribution in [3.8, 4) is 11.5 Å². The fraction of sp³-hybridized carbons (Fsp3) is 0.333. The molecule has 7 nitrogen and oxygen atoms in total. The van der Waals surface area contributed by atoms with Crippen molar-refractivity contribution in [2.45, 2.75) is 19.4 Å². The van der Waals surface area contributed by atoms with Crippen LogP contribution in [-0.2, 0) is 14.3 Å². The first-order chi connectivity index (χ1) is 13.5. The van der Waals surface area contributed by atoms with Crippen LogP contribution in [0.3, 0.4) is 0 Å². The van der Waals surface area contributed by atoms with Gasteiger partial charge in [0.2, 0.25) is 5.91 Å². The number of nitrogens with one attached hydrogen (secondary N) is 1. The highest BCUT2D eigenvalue weighted by Gasteiger charge is 2.22. The standard InChI is InChI=1S/C21H24N2O5/c1-15(24)22-18-4-2-3-5-19(18)28-17-8-6-16(7-9-17)20-14-23(12-13-27-20)11-10-21(25)26/h2-9,20H,10-14H2,1H3,(H,22,24)(H,25,26). The summed E-state index contributed by atoms with van der Waals surface area (Å²) in [6.07, 6.45) is 0.0379. The van der Waals surface area contributed by atoms with E-state index in [0.29, 0.717) is 36.9 Å². The molecule has 0 aliphatic carbocycles. The summed E-state index contributed by atoms with van der Waals surface area (Å²) in [5, 5.41) is 11.6. The second-order valence-corrected chi connectivity index (χ2v) is 6.65. The van der Waals surface area contributed by atoms with E-state index in [0.717, 1.165) is 12.1 Å². The molecule has 1 saturated heterocycles. The maximum absolute atomic E-state index is 11.3. The van der Waals surface area contributed by atoms with Crippen molar-refractivity contribution >= 4 is 17.6 Å². The molecule has 2 aromatic rings. The number of benzene rings is 2. The van der Waals surface area contributed by atoms with Crippen LogP contribution in [0.25, 0.3) is 0 Å². The van der Waals surface area contributed by atoms with Crippen molar-refractivity contribution in [2.24, 2.45) is 0 Å². The van der Waals surface area contributed by atoms with E-state index in [9.17, 15) is 9.59 Å². The summed E-state index contributed by atoms with van der Waals surface area (Å²) in [7, 11) is 0. The summed E-state index contributed by atoms with van der Waals surface area (Å²) in [5.41, 5.74) is 1.63. The van der Waals surface area contributed by atoms with Gasteiger partial charge in [0.1, 0.15) is 5.75 Å². The maximum atomic E-state index is 11.3. The number of nitrogens with zero attached hydrogens (tertiary/aromatic N) is 1. The van der Waals surface area contributed by atoms with Crippen molar-refractivity contribution in [3.05, 3.63) is 54.1 Å². The molecule has 1 heterocycles. The lowest BCUT2D eigenvalue weighted by Crippen LogP contribution is -2.39. The molecule has 0 aromatic heterocycles. The number of ether oxygens (including phenoxy) is 2. The number of carbonyl (C=O) groups excluding carboxylic acids is 1. The molecule has 0 bridgehead atoms. The van der Waals surface area contributed by atoms with Crippen molar-refractivity contribution in [1.82, 2.24) is 4.90 Å². The first kappa shape index (κ1) is 19.9. The van der Waals surface area contributed by atoms with Crippen LogP contribution >= 0.6 is 0 Å². The smallest absolute Gasteiger partial charge is 0.304 e. The van der Waals surface area contributed by atoms with Gasteiger partial charge in [-0.3, -0.25) is 14.5 Å². The fourth-order valence-electron chi connectivity index (χ4n) is 3.09. The number of amides is 1. The van der Waals surface area contributed by atoms with Crippen LogP contribution in [0.15, 0.2) is 48.5 Å². The molecule has 1 aliphatic rings. The Morgan fingerprint density at radius 1 is 1.21 bits per heavy atom. The predicted molar refractivity (Wildman–Crippen MR) is 105 cm³/mol. The van der Waals surface area contributed by atoms with E-state index in [-0.39, 0.29) is 18.4 Å². The Balaban J connectivity index is 1.64. The average molecular weight is 384 g/mol. The highest BCUT2D eigenvalue weighted by Crippen LogP contribution is 2.31. The first-order valence-corrected chi connectivity index (χ1v) is 9.21. The zero-order valence-electron chi connectivity index (χ0n) is 15.8. The van der Waals surface area contributed by atoms with Gasteiger partial charge in [-0.25, -0.2) is 0 Å². The van der Waals surface area contributed by atoms with Crippen LogP contribution in [0.1, 0.15) is 25.0 Å². The minimum Gasteiger partial charge on any atom is -0.481 e. The molecule has 148 valence electrons. The number of para-hydroxylation sites is 2. The summed E-state index contributed by atoms with van der Waals surface area (Å²) in [6, 6.07) is 14.9. The molecule has 1 amide bonds. The van der Waals surface area contributed by atoms with Gasteiger partial charge in [0.05, 0.1) is 24.8 Å². The molecule has 1 unspecified atom stereocenters. The van der Waals surface area contributed by atoms with Crippen LogP contribution in [0.5, 0.6) is 11.5 Å². The SMILES string of the molecule is CC(=O)Nc1ccccc1Oc1ccc(C2CN(CCC(=O)O)CCO2)cc1. The number of anilines is 1. The number of hydrogen-bond donors (Lipinski definition) is 2. The van der Waals surface area contributed by atoms with E-state index in [4.69, 9.17) is 14.6 Å². The molecular weight excluding hydrogens is 360 g/mol. The third-order valence-corrected chi connectivity index (χ3v) is 4.47. The van der Waals surface area contributed by atoms with Gasteiger partial charge >= 0.3 is 5.97 Å². The summed E-state index contributed by atoms with van der Waals surface area (Å²) < 4.78 is 11.8. The normalized spacial score (nSPS) is 17.1. The zero-order valence-corrected chi connectivity index (χ0v) is 15.8. The molecule has 7 heteroatoms. The number of rotatable bonds is 7. The van der Waals surface area contributed by atoms with Crippen LogP contribution in [0.2, 0.25) is 0 Å². The van der Waals surface area contributed by atoms with Crippen molar-refractivity contribution in [2.75, 3.05) is 31.6 Å². The Hall–Kier alpha value is -2.90. The molecule has 2 aromatic carbocycles. The van der Waals surface area contributed by atoms with Crippen molar-refractivity contribution in [1.29, 1.82) is 0 Å². The van der Waals surface area contributed by atoms with Crippen LogP contribution < -0.4 is 10.1 Å². The van der Waals surface area contributed by atoms with Crippen LogP contribution in [-0.4, -0.2) is 48.1 Å². The minimum absolute atomic E-state index is 0.0942. The Morgan fingerprint density at radius 2 is 1.96 bits per heavy atom. The fourth-order valence-corrected chi connectivity index (χ4v) is 3.09. The number of carbonyl (C=O) groups is 2. The second kappa shape index (κ2) is 9.34. The van der Waals surface area contributed by atoms with Gasteiger partial charge in [-0.05, 0) is 29.8 Å². The van der Waals surface area contributed by atoms with Gasteiger partial charge in [-0.15, -0.1) is 0 Å². The summed E-state index contributed by atoms with van der Waals surface area (Å²) in [6.45, 7) is 3.96. The predicted octanol–water partition coefficient (Wildman–Crippen LogP) is 3.29. The highest BCUT2D eigenvalue weighted by molar-refractivity contribution is 5.90. The van der Waals surface area contributed by atoms with E-state index in [1.165, 1.54) is 6.92 Å². The van der Waals surface area contributed by atoms with E-state index >= 15 is 0 Å². The van der Waals surface area contributed by atoms with Crippen LogP contribution in [0.4, 0.5) is 5.69 Å². The van der Waals surface area contributed by atoms with Gasteiger partial charge in [-0.2, -0.15) is 0 Å². The van der Waals surface area contributed by atoms with Crippen molar-refractivity contribution in [3.63, 3.8) is 0 Å². The molecule has 1 fully saturated rings. The molecule has 1 atom stereocenters. The summed E-state index contributed by atoms with van der Waals surface area (Å²) in [5.74, 6) is 0.275. The lowest BCUT2D eigenvalue weighted by Gasteiger charge is -2.32. The molecule has 0 saturated carbocycles. The van der Waals surface area contributed by atoms with Gasteiger partial charge in [0, 0.05) is 26.6 Å². The number of morpholine rings is 1. The molecule has 1 aliphatic heterocycles. The Bertz CT molecular complexity index is 822. The average Bonchev–Trinajstić information content (AvgIpc) is 2.68. The third-order valence-electron chi connectivity index (χ3n) is 4.47. The van der Waals surface area contributed by atoms with Crippen molar-refractivity contribution < 1.29 is 24.2 Å². The van der Waals surface area contributed by atoms with Gasteiger partial charge in [0.15, 0.2) is 5.75 Å². The number of aliphatic carboxylic acids is 1. The molecule has 0 spiro atoms. The van der Waals surface area contributed by atoms with Gasteiger partial charge < -0.3 is 19.9 Å². The third kappa shape index (κ3) is 5.55. The number of carboxylic acids is 1. The van der Waals surface area contributed by atoms with Crippen LogP contribution in [0, 0.1) is 0 Å². The van der Waals surface area contributed by atoms with E-state index < -0.39 is 5.97 Å². The van der Waals surface area contributed by atoms with E-state index in [2.05, 4.69) is 10.2 Å². The first-order valence-electron chi connectivity index (χ1n) is 9.21. The monoisotopic (exact) mass is 384 g/mol. The number of hydrogen-bond acceptors (Lipinski definition) is 5. The Morgan fingerprint density at radius 3 is 2.68 bits per heavy atom. The highest BCUT2D eigenvalue weighted by atomic mass is 16.5. The second-order valence-electron chi connectivity index (χ2n) is 6.65. The molecule has 0 radical (unpaired) electrons. The lowest BCUT2D eigenvalue weighted by atomic mass is 10.1. The summed E-state index contributed by atoms with van der Waals surface area (Å²) in [4.78, 5) is 24.2. The van der Waals surface area contributed by atoms with E-state index in [1.54, 1.807) is 12.1 Å². The molecule has 2 N–H and O–H groups in total. The van der Waals surface area contributed by atoms with Gasteiger partial charge in [0.25, 0.3) is 0 Å². The molecule has 28 heavy (non-hydrogen) atoms. The largest absolute Gasteiger partial charge is 0.481 e. The molecular formula is C21H24N2O5. The Kier molecular flexibility index (Phi) is 6.62. The quantitative estimate of drug-likeness (QED) is 0.762. The Labute approximate surface area is 163 Å². The number of carboxylic acid groups (broad SMARTS) is 1. The minimum atomic E-state index is -0.788. The topological polar surface area (TPSA) is 88.1 Å². The maximum Gasteiger partial charge on any atom is 0.304 e. The lowest BCUT2D eigenvalue weighted by molar-refractivity contribution is -0.137. The zero-order chi connectivity index (χ0) is 19.9.